The number of hydrogen-bond acceptors (Lipinski definition) is 8. The van der Waals surface area contributed by atoms with Gasteiger partial charge in [0.25, 0.3) is 0 Å². The largest absolute Gasteiger partial charge is 0.481 e. The molecular weight excluding hydrogens is 516 g/mol. The number of nitrogens with one attached hydrogen (secondary N) is 3. The number of anilines is 1. The molecular formula is C25H34N4O6S2. The average molecular weight is 551 g/mol. The maximum absolute atomic E-state index is 12.3. The molecule has 37 heavy (non-hydrogen) atoms. The van der Waals surface area contributed by atoms with E-state index in [9.17, 15) is 19.2 Å². The normalized spacial score (nSPS) is 11.6. The molecule has 0 bridgehead atoms. The standard InChI is InChI=1S/C25H34N4O6S2/c1-29(2)20-9-3-8-18-17(20)7-4-10-21(18)37-27-13-6-14-36-16-19(25(35)26-15-24(33)34)28-22(30)11-5-12-23(31)32/h3-4,7-10,19,27H,5-6,11-16H2,1-2H3,(H,26,35)(H,28,30)(H,31,32)(H,33,34). The molecule has 0 aromatic heterocycles. The minimum absolute atomic E-state index is 0.0228. The number of carboxylic acids is 2. The maximum atomic E-state index is 12.3. The third-order valence-electron chi connectivity index (χ3n) is 5.24. The number of carbonyl (C=O) groups is 4. The molecule has 2 aromatic rings. The van der Waals surface area contributed by atoms with Crippen LogP contribution in [0.3, 0.4) is 0 Å². The summed E-state index contributed by atoms with van der Waals surface area (Å²) in [6.07, 6.45) is 0.819. The highest BCUT2D eigenvalue weighted by atomic mass is 32.2. The molecule has 0 heterocycles. The Labute approximate surface area is 225 Å². The molecule has 2 rings (SSSR count). The molecule has 1 atom stereocenters. The predicted octanol–water partition coefficient (Wildman–Crippen LogP) is 2.57. The van der Waals surface area contributed by atoms with Gasteiger partial charge in [0.1, 0.15) is 12.6 Å². The Morgan fingerprint density at radius 3 is 2.38 bits per heavy atom. The van der Waals surface area contributed by atoms with Crippen molar-refractivity contribution in [1.29, 1.82) is 0 Å². The molecule has 0 aliphatic heterocycles. The first kappa shape index (κ1) is 30.3. The van der Waals surface area contributed by atoms with Crippen molar-refractivity contribution in [2.45, 2.75) is 36.6 Å². The number of carboxylic acid groups (broad SMARTS) is 2. The van der Waals surface area contributed by atoms with Crippen LogP contribution in [-0.4, -0.2) is 78.7 Å². The lowest BCUT2D eigenvalue weighted by atomic mass is 10.1. The van der Waals surface area contributed by atoms with E-state index in [1.807, 2.05) is 26.2 Å². The van der Waals surface area contributed by atoms with Crippen LogP contribution in [0.4, 0.5) is 5.69 Å². The van der Waals surface area contributed by atoms with Gasteiger partial charge < -0.3 is 25.7 Å². The zero-order valence-corrected chi connectivity index (χ0v) is 22.6. The molecule has 0 spiro atoms. The number of carbonyl (C=O) groups excluding carboxylic acids is 2. The Bertz CT molecular complexity index is 1080. The van der Waals surface area contributed by atoms with Crippen LogP contribution in [0.2, 0.25) is 0 Å². The summed E-state index contributed by atoms with van der Waals surface area (Å²) in [5, 5.41) is 24.7. The lowest BCUT2D eigenvalue weighted by molar-refractivity contribution is -0.138. The fraction of sp³-hybridized carbons (Fsp3) is 0.440. The molecule has 0 saturated heterocycles. The second-order valence-corrected chi connectivity index (χ2v) is 10.5. The highest BCUT2D eigenvalue weighted by Gasteiger charge is 2.21. The van der Waals surface area contributed by atoms with Gasteiger partial charge >= 0.3 is 11.9 Å². The molecule has 0 aliphatic carbocycles. The summed E-state index contributed by atoms with van der Waals surface area (Å²) >= 11 is 3.05. The molecule has 0 radical (unpaired) electrons. The molecule has 2 aromatic carbocycles. The van der Waals surface area contributed by atoms with Crippen LogP contribution in [0.1, 0.15) is 25.7 Å². The van der Waals surface area contributed by atoms with Gasteiger partial charge in [-0.1, -0.05) is 24.3 Å². The van der Waals surface area contributed by atoms with Gasteiger partial charge in [0.05, 0.1) is 0 Å². The van der Waals surface area contributed by atoms with Crippen molar-refractivity contribution >= 4 is 63.9 Å². The van der Waals surface area contributed by atoms with Gasteiger partial charge in [-0.25, -0.2) is 0 Å². The van der Waals surface area contributed by atoms with Crippen LogP contribution in [0.5, 0.6) is 0 Å². The van der Waals surface area contributed by atoms with E-state index in [2.05, 4.69) is 44.5 Å². The van der Waals surface area contributed by atoms with Gasteiger partial charge in [0, 0.05) is 55.2 Å². The molecule has 1 unspecified atom stereocenters. The quantitative estimate of drug-likeness (QED) is 0.147. The van der Waals surface area contributed by atoms with Gasteiger partial charge in [-0.3, -0.25) is 23.9 Å². The number of rotatable bonds is 17. The number of fused-ring (bicyclic) bond motifs is 1. The Morgan fingerprint density at radius 1 is 0.946 bits per heavy atom. The van der Waals surface area contributed by atoms with E-state index in [-0.39, 0.29) is 25.0 Å². The van der Waals surface area contributed by atoms with Gasteiger partial charge in [0.15, 0.2) is 0 Å². The molecule has 202 valence electrons. The topological polar surface area (TPSA) is 148 Å². The Balaban J connectivity index is 1.79. The van der Waals surface area contributed by atoms with Crippen LogP contribution in [0.15, 0.2) is 41.3 Å². The lowest BCUT2D eigenvalue weighted by Gasteiger charge is -2.18. The first-order valence-corrected chi connectivity index (χ1v) is 13.8. The zero-order valence-electron chi connectivity index (χ0n) is 21.0. The number of thioether (sulfide) groups is 1. The van der Waals surface area contributed by atoms with E-state index >= 15 is 0 Å². The summed E-state index contributed by atoms with van der Waals surface area (Å²) in [7, 11) is 4.05. The first-order valence-electron chi connectivity index (χ1n) is 11.9. The first-order chi connectivity index (χ1) is 17.7. The lowest BCUT2D eigenvalue weighted by Crippen LogP contribution is -2.49. The molecule has 2 amide bonds. The van der Waals surface area contributed by atoms with Gasteiger partial charge in [0.2, 0.25) is 11.8 Å². The van der Waals surface area contributed by atoms with Crippen LogP contribution in [-0.2, 0) is 19.2 Å². The number of amides is 2. The van der Waals surface area contributed by atoms with Crippen molar-refractivity contribution in [3.05, 3.63) is 36.4 Å². The van der Waals surface area contributed by atoms with Crippen LogP contribution in [0.25, 0.3) is 10.8 Å². The minimum atomic E-state index is -1.18. The molecule has 0 aliphatic rings. The maximum Gasteiger partial charge on any atom is 0.322 e. The van der Waals surface area contributed by atoms with Crippen molar-refractivity contribution in [2.75, 3.05) is 43.6 Å². The Hall–Kier alpha value is -2.96. The smallest absolute Gasteiger partial charge is 0.322 e. The number of benzene rings is 2. The zero-order chi connectivity index (χ0) is 27.2. The summed E-state index contributed by atoms with van der Waals surface area (Å²) in [4.78, 5) is 49.1. The van der Waals surface area contributed by atoms with E-state index < -0.39 is 36.3 Å². The second-order valence-electron chi connectivity index (χ2n) is 8.43. The third kappa shape index (κ3) is 10.9. The Kier molecular flexibility index (Phi) is 13.1. The second kappa shape index (κ2) is 16.0. The van der Waals surface area contributed by atoms with Crippen LogP contribution in [0, 0.1) is 0 Å². The van der Waals surface area contributed by atoms with Gasteiger partial charge in [-0.05, 0) is 48.1 Å². The fourth-order valence-electron chi connectivity index (χ4n) is 3.46. The summed E-state index contributed by atoms with van der Waals surface area (Å²) in [5.74, 6) is -2.19. The van der Waals surface area contributed by atoms with E-state index in [1.54, 1.807) is 11.9 Å². The molecule has 10 nitrogen and oxygen atoms in total. The monoisotopic (exact) mass is 550 g/mol. The number of aliphatic carboxylic acids is 2. The summed E-state index contributed by atoms with van der Waals surface area (Å²) in [6.45, 7) is 0.194. The predicted molar refractivity (Wildman–Crippen MR) is 148 cm³/mol. The Morgan fingerprint density at radius 2 is 1.68 bits per heavy atom. The van der Waals surface area contributed by atoms with Crippen molar-refractivity contribution in [1.82, 2.24) is 15.4 Å². The van der Waals surface area contributed by atoms with Crippen LogP contribution >= 0.6 is 23.7 Å². The highest BCUT2D eigenvalue weighted by Crippen LogP contribution is 2.31. The third-order valence-corrected chi connectivity index (χ3v) is 7.31. The van der Waals surface area contributed by atoms with E-state index in [4.69, 9.17) is 10.2 Å². The van der Waals surface area contributed by atoms with E-state index in [1.165, 1.54) is 22.5 Å². The number of nitrogens with zero attached hydrogens (tertiary/aromatic N) is 1. The molecule has 0 saturated carbocycles. The van der Waals surface area contributed by atoms with Crippen LogP contribution < -0.4 is 20.3 Å². The van der Waals surface area contributed by atoms with Gasteiger partial charge in [-0.15, -0.1) is 0 Å². The molecule has 12 heteroatoms. The summed E-state index contributed by atoms with van der Waals surface area (Å²) < 4.78 is 3.38. The highest BCUT2D eigenvalue weighted by molar-refractivity contribution is 7.99. The van der Waals surface area contributed by atoms with Crippen molar-refractivity contribution in [3.8, 4) is 0 Å². The van der Waals surface area contributed by atoms with E-state index in [0.717, 1.165) is 29.3 Å². The molecule has 0 fully saturated rings. The number of hydrogen-bond donors (Lipinski definition) is 5. The fourth-order valence-corrected chi connectivity index (χ4v) is 5.28. The minimum Gasteiger partial charge on any atom is -0.481 e. The van der Waals surface area contributed by atoms with Crippen molar-refractivity contribution in [3.63, 3.8) is 0 Å². The average Bonchev–Trinajstić information content (AvgIpc) is 2.85. The van der Waals surface area contributed by atoms with E-state index in [0.29, 0.717) is 0 Å². The molecule has 5 N–H and O–H groups in total. The van der Waals surface area contributed by atoms with Crippen molar-refractivity contribution in [2.24, 2.45) is 0 Å². The summed E-state index contributed by atoms with van der Waals surface area (Å²) in [5.41, 5.74) is 1.16. The van der Waals surface area contributed by atoms with Gasteiger partial charge in [-0.2, -0.15) is 11.8 Å². The summed E-state index contributed by atoms with van der Waals surface area (Å²) in [6, 6.07) is 11.6. The van der Waals surface area contributed by atoms with Crippen molar-refractivity contribution < 1.29 is 29.4 Å². The SMILES string of the molecule is CN(C)c1cccc2c(SNCCCSCC(NC(=O)CCCC(=O)O)C(=O)NCC(=O)O)cccc12.